The maximum atomic E-state index is 11.9. The average molecular weight is 218 g/mol. The lowest BCUT2D eigenvalue weighted by Gasteiger charge is -2.13. The fourth-order valence-corrected chi connectivity index (χ4v) is 2.14. The molecule has 0 aliphatic carbocycles. The molecule has 0 aromatic heterocycles. The van der Waals surface area contributed by atoms with Crippen molar-refractivity contribution in [2.45, 2.75) is 12.3 Å². The molecule has 1 fully saturated rings. The Labute approximate surface area is 94.0 Å². The van der Waals surface area contributed by atoms with Crippen LogP contribution in [0.4, 0.5) is 0 Å². The standard InChI is InChI=1S/C12H14N2O2/c1-14-7-6-10(12(14)16)8-4-2-3-5-9(8)11(13)15/h2-5,10H,6-7H2,1H3,(H2,13,15). The lowest BCUT2D eigenvalue weighted by atomic mass is 9.93. The van der Waals surface area contributed by atoms with E-state index >= 15 is 0 Å². The summed E-state index contributed by atoms with van der Waals surface area (Å²) in [6.07, 6.45) is 0.750. The molecule has 1 aliphatic heterocycles. The number of rotatable bonds is 2. The van der Waals surface area contributed by atoms with Gasteiger partial charge in [-0.2, -0.15) is 0 Å². The summed E-state index contributed by atoms with van der Waals surface area (Å²) in [6.45, 7) is 0.733. The molecule has 84 valence electrons. The fraction of sp³-hybridized carbons (Fsp3) is 0.333. The first kappa shape index (κ1) is 10.7. The second-order valence-electron chi connectivity index (χ2n) is 4.05. The van der Waals surface area contributed by atoms with Crippen LogP contribution in [0.5, 0.6) is 0 Å². The highest BCUT2D eigenvalue weighted by atomic mass is 16.2. The number of likely N-dealkylation sites (tertiary alicyclic amines) is 1. The number of carbonyl (C=O) groups excluding carboxylic acids is 2. The van der Waals surface area contributed by atoms with Gasteiger partial charge in [0, 0.05) is 19.2 Å². The van der Waals surface area contributed by atoms with Crippen LogP contribution in [0.2, 0.25) is 0 Å². The van der Waals surface area contributed by atoms with Gasteiger partial charge < -0.3 is 10.6 Å². The van der Waals surface area contributed by atoms with E-state index < -0.39 is 5.91 Å². The molecule has 4 heteroatoms. The van der Waals surface area contributed by atoms with Crippen LogP contribution < -0.4 is 5.73 Å². The van der Waals surface area contributed by atoms with Crippen molar-refractivity contribution in [1.29, 1.82) is 0 Å². The second kappa shape index (κ2) is 3.96. The zero-order valence-corrected chi connectivity index (χ0v) is 9.14. The first-order valence-corrected chi connectivity index (χ1v) is 5.25. The third-order valence-electron chi connectivity index (χ3n) is 3.03. The summed E-state index contributed by atoms with van der Waals surface area (Å²) in [5.74, 6) is -0.625. The Morgan fingerprint density at radius 3 is 2.69 bits per heavy atom. The Morgan fingerprint density at radius 2 is 2.12 bits per heavy atom. The van der Waals surface area contributed by atoms with Crippen LogP contribution in [0.3, 0.4) is 0 Å². The van der Waals surface area contributed by atoms with Gasteiger partial charge in [-0.15, -0.1) is 0 Å². The molecule has 1 atom stereocenters. The van der Waals surface area contributed by atoms with Crippen molar-refractivity contribution in [3.63, 3.8) is 0 Å². The minimum atomic E-state index is -0.474. The zero-order valence-electron chi connectivity index (χ0n) is 9.14. The summed E-state index contributed by atoms with van der Waals surface area (Å²) in [5, 5.41) is 0. The number of nitrogens with two attached hydrogens (primary N) is 1. The summed E-state index contributed by atoms with van der Waals surface area (Å²) in [5.41, 5.74) is 6.51. The van der Waals surface area contributed by atoms with E-state index in [1.165, 1.54) is 0 Å². The number of hydrogen-bond acceptors (Lipinski definition) is 2. The minimum absolute atomic E-state index is 0.0636. The Morgan fingerprint density at radius 1 is 1.44 bits per heavy atom. The van der Waals surface area contributed by atoms with Gasteiger partial charge in [0.15, 0.2) is 0 Å². The number of likely N-dealkylation sites (N-methyl/N-ethyl adjacent to an activating group) is 1. The maximum Gasteiger partial charge on any atom is 0.249 e. The lowest BCUT2D eigenvalue weighted by Crippen LogP contribution is -2.23. The molecule has 0 saturated carbocycles. The van der Waals surface area contributed by atoms with E-state index in [-0.39, 0.29) is 11.8 Å². The van der Waals surface area contributed by atoms with Crippen molar-refractivity contribution in [2.24, 2.45) is 5.73 Å². The van der Waals surface area contributed by atoms with E-state index in [9.17, 15) is 9.59 Å². The smallest absolute Gasteiger partial charge is 0.249 e. The number of amides is 2. The van der Waals surface area contributed by atoms with E-state index in [1.807, 2.05) is 12.1 Å². The van der Waals surface area contributed by atoms with Gasteiger partial charge in [-0.25, -0.2) is 0 Å². The number of benzene rings is 1. The molecule has 1 aliphatic rings. The van der Waals surface area contributed by atoms with Gasteiger partial charge in [-0.3, -0.25) is 9.59 Å². The van der Waals surface area contributed by atoms with Gasteiger partial charge in [0.25, 0.3) is 0 Å². The fourth-order valence-electron chi connectivity index (χ4n) is 2.14. The molecule has 2 amide bonds. The summed E-state index contributed by atoms with van der Waals surface area (Å²) in [7, 11) is 1.77. The van der Waals surface area contributed by atoms with Crippen LogP contribution in [0, 0.1) is 0 Å². The SMILES string of the molecule is CN1CCC(c2ccccc2C(N)=O)C1=O. The van der Waals surface area contributed by atoms with Crippen LogP contribution in [0.25, 0.3) is 0 Å². The molecule has 1 unspecified atom stereocenters. The summed E-state index contributed by atoms with van der Waals surface area (Å²) in [6, 6.07) is 7.06. The van der Waals surface area contributed by atoms with E-state index in [0.717, 1.165) is 18.5 Å². The Hall–Kier alpha value is -1.84. The number of carbonyl (C=O) groups is 2. The van der Waals surface area contributed by atoms with Crippen LogP contribution in [0.15, 0.2) is 24.3 Å². The monoisotopic (exact) mass is 218 g/mol. The van der Waals surface area contributed by atoms with Crippen LogP contribution >= 0.6 is 0 Å². The van der Waals surface area contributed by atoms with Gasteiger partial charge in [0.05, 0.1) is 5.92 Å². The molecule has 16 heavy (non-hydrogen) atoms. The molecule has 1 aromatic carbocycles. The van der Waals surface area contributed by atoms with Crippen molar-refractivity contribution in [3.05, 3.63) is 35.4 Å². The van der Waals surface area contributed by atoms with E-state index in [4.69, 9.17) is 5.73 Å². The molecule has 1 aromatic rings. The van der Waals surface area contributed by atoms with Crippen LogP contribution in [-0.2, 0) is 4.79 Å². The molecular weight excluding hydrogens is 204 g/mol. The predicted octanol–water partition coefficient (Wildman–Crippen LogP) is 0.731. The molecule has 0 bridgehead atoms. The van der Waals surface area contributed by atoms with Crippen molar-refractivity contribution >= 4 is 11.8 Å². The Kier molecular flexibility index (Phi) is 2.64. The van der Waals surface area contributed by atoms with E-state index in [0.29, 0.717) is 5.56 Å². The molecule has 0 radical (unpaired) electrons. The van der Waals surface area contributed by atoms with Gasteiger partial charge in [-0.05, 0) is 18.1 Å². The molecule has 1 saturated heterocycles. The van der Waals surface area contributed by atoms with Gasteiger partial charge >= 0.3 is 0 Å². The Bertz CT molecular complexity index is 442. The van der Waals surface area contributed by atoms with E-state index in [2.05, 4.69) is 0 Å². The third kappa shape index (κ3) is 1.66. The molecule has 2 N–H and O–H groups in total. The first-order chi connectivity index (χ1) is 7.61. The van der Waals surface area contributed by atoms with Crippen LogP contribution in [0.1, 0.15) is 28.3 Å². The van der Waals surface area contributed by atoms with Crippen molar-refractivity contribution < 1.29 is 9.59 Å². The van der Waals surface area contributed by atoms with E-state index in [1.54, 1.807) is 24.1 Å². The lowest BCUT2D eigenvalue weighted by molar-refractivity contribution is -0.127. The second-order valence-corrected chi connectivity index (χ2v) is 4.05. The number of primary amides is 1. The highest BCUT2D eigenvalue weighted by Gasteiger charge is 2.32. The van der Waals surface area contributed by atoms with Crippen molar-refractivity contribution in [3.8, 4) is 0 Å². The van der Waals surface area contributed by atoms with Gasteiger partial charge in [-0.1, -0.05) is 18.2 Å². The van der Waals surface area contributed by atoms with Crippen molar-refractivity contribution in [1.82, 2.24) is 4.90 Å². The molecular formula is C12H14N2O2. The molecule has 2 rings (SSSR count). The van der Waals surface area contributed by atoms with Crippen LogP contribution in [-0.4, -0.2) is 30.3 Å². The molecule has 1 heterocycles. The Balaban J connectivity index is 2.41. The zero-order chi connectivity index (χ0) is 11.7. The molecule has 0 spiro atoms. The van der Waals surface area contributed by atoms with Gasteiger partial charge in [0.2, 0.25) is 11.8 Å². The highest BCUT2D eigenvalue weighted by molar-refractivity contribution is 5.97. The number of nitrogens with zero attached hydrogens (tertiary/aromatic N) is 1. The topological polar surface area (TPSA) is 63.4 Å². The normalized spacial score (nSPS) is 20.2. The summed E-state index contributed by atoms with van der Waals surface area (Å²) >= 11 is 0. The quantitative estimate of drug-likeness (QED) is 0.795. The van der Waals surface area contributed by atoms with Crippen molar-refractivity contribution in [2.75, 3.05) is 13.6 Å². The first-order valence-electron chi connectivity index (χ1n) is 5.25. The number of hydrogen-bond donors (Lipinski definition) is 1. The highest BCUT2D eigenvalue weighted by Crippen LogP contribution is 2.29. The average Bonchev–Trinajstić information content (AvgIpc) is 2.60. The molecule has 4 nitrogen and oxygen atoms in total. The maximum absolute atomic E-state index is 11.9. The largest absolute Gasteiger partial charge is 0.366 e. The third-order valence-corrected chi connectivity index (χ3v) is 3.03. The predicted molar refractivity (Wildman–Crippen MR) is 60.0 cm³/mol. The van der Waals surface area contributed by atoms with Gasteiger partial charge in [0.1, 0.15) is 0 Å². The summed E-state index contributed by atoms with van der Waals surface area (Å²) < 4.78 is 0. The summed E-state index contributed by atoms with van der Waals surface area (Å²) in [4.78, 5) is 24.8. The minimum Gasteiger partial charge on any atom is -0.366 e.